The quantitative estimate of drug-likeness (QED) is 0.492. The topological polar surface area (TPSA) is 51.2 Å². The van der Waals surface area contributed by atoms with E-state index in [1.54, 1.807) is 20.3 Å². The summed E-state index contributed by atoms with van der Waals surface area (Å²) in [4.78, 5) is 2.13. The molecule has 0 aromatic heterocycles. The van der Waals surface area contributed by atoms with Crippen LogP contribution in [0, 0.1) is 5.82 Å². The van der Waals surface area contributed by atoms with Gasteiger partial charge in [-0.05, 0) is 29.8 Å². The standard InChI is InChI=1S/C24H22Cl2FNO4/c1-30-20-6-3-14(9-21(20)31-2)12-28-7-8-32-24-15(13-29)4-5-17(23(24)28)22-18(25)10-16(27)11-19(22)26/h3-6,9-11,29H,7-8,12-13H2,1-2H3. The van der Waals surface area contributed by atoms with Crippen LogP contribution >= 0.6 is 23.2 Å². The Morgan fingerprint density at radius 3 is 2.41 bits per heavy atom. The summed E-state index contributed by atoms with van der Waals surface area (Å²) < 4.78 is 30.5. The molecule has 3 aromatic rings. The molecule has 0 saturated heterocycles. The van der Waals surface area contributed by atoms with E-state index in [0.717, 1.165) is 11.3 Å². The van der Waals surface area contributed by atoms with Gasteiger partial charge >= 0.3 is 0 Å². The lowest BCUT2D eigenvalue weighted by Crippen LogP contribution is -2.33. The van der Waals surface area contributed by atoms with E-state index in [1.807, 2.05) is 24.3 Å². The van der Waals surface area contributed by atoms with Gasteiger partial charge in [-0.15, -0.1) is 0 Å². The van der Waals surface area contributed by atoms with Gasteiger partial charge in [0.1, 0.15) is 18.2 Å². The van der Waals surface area contributed by atoms with Crippen molar-refractivity contribution in [2.24, 2.45) is 0 Å². The lowest BCUT2D eigenvalue weighted by molar-refractivity contribution is 0.259. The van der Waals surface area contributed by atoms with Crippen molar-refractivity contribution in [1.82, 2.24) is 0 Å². The molecular weight excluding hydrogens is 456 g/mol. The molecular formula is C24H22Cl2FNO4. The van der Waals surface area contributed by atoms with E-state index in [0.29, 0.717) is 53.6 Å². The molecule has 0 fully saturated rings. The number of aliphatic hydroxyl groups excluding tert-OH is 1. The van der Waals surface area contributed by atoms with Gasteiger partial charge in [-0.3, -0.25) is 0 Å². The normalized spacial score (nSPS) is 12.9. The fourth-order valence-corrected chi connectivity index (χ4v) is 4.60. The maximum absolute atomic E-state index is 13.8. The number of aliphatic hydroxyl groups is 1. The Hall–Kier alpha value is -2.67. The average molecular weight is 478 g/mol. The predicted octanol–water partition coefficient (Wildman–Crippen LogP) is 5.71. The van der Waals surface area contributed by atoms with Gasteiger partial charge in [0.2, 0.25) is 0 Å². The molecule has 0 bridgehead atoms. The highest BCUT2D eigenvalue weighted by molar-refractivity contribution is 6.39. The number of benzene rings is 3. The van der Waals surface area contributed by atoms with E-state index < -0.39 is 5.82 Å². The second-order valence-corrected chi connectivity index (χ2v) is 8.13. The maximum Gasteiger partial charge on any atom is 0.161 e. The van der Waals surface area contributed by atoms with Crippen molar-refractivity contribution in [1.29, 1.82) is 0 Å². The first-order valence-electron chi connectivity index (χ1n) is 9.97. The van der Waals surface area contributed by atoms with Crippen LogP contribution in [0.5, 0.6) is 17.2 Å². The monoisotopic (exact) mass is 477 g/mol. The molecule has 4 rings (SSSR count). The van der Waals surface area contributed by atoms with Crippen LogP contribution < -0.4 is 19.1 Å². The van der Waals surface area contributed by atoms with Crippen LogP contribution in [0.3, 0.4) is 0 Å². The maximum atomic E-state index is 13.8. The number of halogens is 3. The molecule has 3 aromatic carbocycles. The number of nitrogens with zero attached hydrogens (tertiary/aromatic N) is 1. The van der Waals surface area contributed by atoms with Crippen molar-refractivity contribution >= 4 is 28.9 Å². The number of hydrogen-bond donors (Lipinski definition) is 1. The zero-order valence-electron chi connectivity index (χ0n) is 17.6. The largest absolute Gasteiger partial charge is 0.493 e. The van der Waals surface area contributed by atoms with E-state index in [1.165, 1.54) is 12.1 Å². The van der Waals surface area contributed by atoms with Crippen molar-refractivity contribution in [2.75, 3.05) is 32.3 Å². The number of ether oxygens (including phenoxy) is 3. The molecule has 0 aliphatic carbocycles. The van der Waals surface area contributed by atoms with Gasteiger partial charge in [0.15, 0.2) is 11.5 Å². The highest BCUT2D eigenvalue weighted by Gasteiger charge is 2.27. The molecule has 0 radical (unpaired) electrons. The lowest BCUT2D eigenvalue weighted by Gasteiger charge is -2.34. The summed E-state index contributed by atoms with van der Waals surface area (Å²) in [5, 5.41) is 10.3. The Morgan fingerprint density at radius 2 is 1.75 bits per heavy atom. The van der Waals surface area contributed by atoms with Gasteiger partial charge < -0.3 is 24.2 Å². The molecule has 0 atom stereocenters. The van der Waals surface area contributed by atoms with Crippen LogP contribution in [-0.4, -0.2) is 32.5 Å². The Kier molecular flexibility index (Phi) is 6.65. The van der Waals surface area contributed by atoms with Crippen molar-refractivity contribution in [3.05, 3.63) is 69.5 Å². The Balaban J connectivity index is 1.84. The van der Waals surface area contributed by atoms with Crippen molar-refractivity contribution in [3.8, 4) is 28.4 Å². The first-order valence-corrected chi connectivity index (χ1v) is 10.7. The van der Waals surface area contributed by atoms with Crippen LogP contribution in [0.4, 0.5) is 10.1 Å². The first kappa shape index (κ1) is 22.5. The van der Waals surface area contributed by atoms with Gasteiger partial charge in [-0.25, -0.2) is 4.39 Å². The second kappa shape index (κ2) is 9.45. The minimum Gasteiger partial charge on any atom is -0.493 e. The molecule has 1 aliphatic rings. The number of fused-ring (bicyclic) bond motifs is 1. The molecule has 0 unspecified atom stereocenters. The summed E-state index contributed by atoms with van der Waals surface area (Å²) in [6.07, 6.45) is 0. The molecule has 168 valence electrons. The minimum atomic E-state index is -0.511. The fourth-order valence-electron chi connectivity index (χ4n) is 3.94. The number of anilines is 1. The van der Waals surface area contributed by atoms with Crippen molar-refractivity contribution in [3.63, 3.8) is 0 Å². The molecule has 0 amide bonds. The van der Waals surface area contributed by atoms with Crippen LogP contribution in [0.1, 0.15) is 11.1 Å². The van der Waals surface area contributed by atoms with Gasteiger partial charge in [-0.1, -0.05) is 41.4 Å². The molecule has 5 nitrogen and oxygen atoms in total. The molecule has 32 heavy (non-hydrogen) atoms. The van der Waals surface area contributed by atoms with E-state index in [4.69, 9.17) is 37.4 Å². The second-order valence-electron chi connectivity index (χ2n) is 7.31. The zero-order chi connectivity index (χ0) is 22.8. The summed E-state index contributed by atoms with van der Waals surface area (Å²) in [6, 6.07) is 11.8. The van der Waals surface area contributed by atoms with Crippen LogP contribution in [0.25, 0.3) is 11.1 Å². The van der Waals surface area contributed by atoms with Crippen molar-refractivity contribution < 1.29 is 23.7 Å². The van der Waals surface area contributed by atoms with Gasteiger partial charge in [0.05, 0.1) is 43.1 Å². The van der Waals surface area contributed by atoms with E-state index in [2.05, 4.69) is 4.90 Å². The van der Waals surface area contributed by atoms with Gasteiger partial charge in [-0.2, -0.15) is 0 Å². The number of hydrogen-bond acceptors (Lipinski definition) is 5. The third kappa shape index (κ3) is 4.18. The number of methoxy groups -OCH3 is 2. The van der Waals surface area contributed by atoms with Gasteiger partial charge in [0, 0.05) is 23.2 Å². The summed E-state index contributed by atoms with van der Waals surface area (Å²) in [5.74, 6) is 1.33. The Bertz CT molecular complexity index is 1130. The molecule has 0 saturated carbocycles. The van der Waals surface area contributed by atoms with E-state index in [-0.39, 0.29) is 16.7 Å². The third-order valence-electron chi connectivity index (χ3n) is 5.40. The molecule has 1 heterocycles. The smallest absolute Gasteiger partial charge is 0.161 e. The van der Waals surface area contributed by atoms with E-state index >= 15 is 0 Å². The summed E-state index contributed by atoms with van der Waals surface area (Å²) >= 11 is 12.8. The van der Waals surface area contributed by atoms with Gasteiger partial charge in [0.25, 0.3) is 0 Å². The van der Waals surface area contributed by atoms with Crippen LogP contribution in [-0.2, 0) is 13.2 Å². The van der Waals surface area contributed by atoms with Crippen LogP contribution in [0.2, 0.25) is 10.0 Å². The highest BCUT2D eigenvalue weighted by Crippen LogP contribution is 2.48. The average Bonchev–Trinajstić information content (AvgIpc) is 2.78. The summed E-state index contributed by atoms with van der Waals surface area (Å²) in [6.45, 7) is 1.40. The summed E-state index contributed by atoms with van der Waals surface area (Å²) in [7, 11) is 3.18. The highest BCUT2D eigenvalue weighted by atomic mass is 35.5. The molecule has 1 N–H and O–H groups in total. The van der Waals surface area contributed by atoms with E-state index in [9.17, 15) is 9.50 Å². The molecule has 0 spiro atoms. The first-order chi connectivity index (χ1) is 15.5. The summed E-state index contributed by atoms with van der Waals surface area (Å²) in [5.41, 5.74) is 3.60. The minimum absolute atomic E-state index is 0.183. The lowest BCUT2D eigenvalue weighted by atomic mass is 9.98. The Labute approximate surface area is 195 Å². The van der Waals surface area contributed by atoms with Crippen LogP contribution in [0.15, 0.2) is 42.5 Å². The third-order valence-corrected chi connectivity index (χ3v) is 6.00. The number of rotatable bonds is 6. The molecule has 1 aliphatic heterocycles. The SMILES string of the molecule is COc1ccc(CN2CCOc3c(CO)ccc(-c4c(Cl)cc(F)cc4Cl)c32)cc1OC. The van der Waals surface area contributed by atoms with Crippen molar-refractivity contribution in [2.45, 2.75) is 13.2 Å². The Morgan fingerprint density at radius 1 is 1.03 bits per heavy atom. The zero-order valence-corrected chi connectivity index (χ0v) is 19.1. The fraction of sp³-hybridized carbons (Fsp3) is 0.250. The predicted molar refractivity (Wildman–Crippen MR) is 124 cm³/mol. The molecule has 8 heteroatoms.